The first kappa shape index (κ1) is 23.8. The van der Waals surface area contributed by atoms with Gasteiger partial charge >= 0.3 is 0 Å². The van der Waals surface area contributed by atoms with Crippen molar-refractivity contribution in [2.45, 2.75) is 50.1 Å². The van der Waals surface area contributed by atoms with E-state index in [0.29, 0.717) is 11.8 Å². The lowest BCUT2D eigenvalue weighted by Gasteiger charge is -2.27. The highest BCUT2D eigenvalue weighted by Crippen LogP contribution is 2.37. The minimum Gasteiger partial charge on any atom is -0.366 e. The molecule has 37 heavy (non-hydrogen) atoms. The molecule has 1 aromatic heterocycles. The molecule has 0 bridgehead atoms. The molecular weight excluding hydrogens is 492 g/mol. The Morgan fingerprint density at radius 2 is 1.86 bits per heavy atom. The maximum Gasteiger partial charge on any atom is 0.246 e. The van der Waals surface area contributed by atoms with Crippen molar-refractivity contribution in [1.82, 2.24) is 20.0 Å². The van der Waals surface area contributed by atoms with Gasteiger partial charge in [-0.3, -0.25) is 4.79 Å². The molecule has 10 nitrogen and oxygen atoms in total. The maximum absolute atomic E-state index is 12.0. The molecule has 2 fully saturated rings. The third-order valence-corrected chi connectivity index (χ3v) is 8.80. The summed E-state index contributed by atoms with van der Waals surface area (Å²) in [4.78, 5) is 20.9. The van der Waals surface area contributed by atoms with Crippen LogP contribution in [0.1, 0.15) is 41.1 Å². The minimum absolute atomic E-state index is 0.0286. The largest absolute Gasteiger partial charge is 0.366 e. The van der Waals surface area contributed by atoms with Crippen LogP contribution in [-0.4, -0.2) is 42.3 Å². The van der Waals surface area contributed by atoms with E-state index in [1.165, 1.54) is 5.56 Å². The SMILES string of the molecule is Cc1cnc(Nc2ccc3c(c2)[C@H]2NC(=O)CO[C@H]2C3)nc1Nc1ccc(CNS(=O)(=O)C2CC2)cc1. The Bertz CT molecular complexity index is 1460. The molecule has 11 heteroatoms. The quantitative estimate of drug-likeness (QED) is 0.356. The van der Waals surface area contributed by atoms with Crippen LogP contribution in [0.4, 0.5) is 23.1 Å². The monoisotopic (exact) mass is 520 g/mol. The summed E-state index contributed by atoms with van der Waals surface area (Å²) in [6, 6.07) is 13.5. The summed E-state index contributed by atoms with van der Waals surface area (Å²) in [5, 5.41) is 9.38. The molecule has 1 saturated carbocycles. The highest BCUT2D eigenvalue weighted by molar-refractivity contribution is 7.90. The van der Waals surface area contributed by atoms with Crippen molar-refractivity contribution < 1.29 is 17.9 Å². The van der Waals surface area contributed by atoms with Crippen molar-refractivity contribution in [2.75, 3.05) is 17.2 Å². The number of anilines is 4. The molecule has 4 N–H and O–H groups in total. The molecule has 192 valence electrons. The van der Waals surface area contributed by atoms with Gasteiger partial charge in [-0.2, -0.15) is 4.98 Å². The van der Waals surface area contributed by atoms with E-state index in [1.807, 2.05) is 49.4 Å². The Morgan fingerprint density at radius 1 is 1.08 bits per heavy atom. The van der Waals surface area contributed by atoms with Gasteiger partial charge < -0.3 is 20.7 Å². The molecule has 1 saturated heterocycles. The van der Waals surface area contributed by atoms with E-state index in [-0.39, 0.29) is 36.5 Å². The minimum atomic E-state index is -3.21. The molecule has 1 aliphatic heterocycles. The molecule has 3 aromatic rings. The number of fused-ring (bicyclic) bond motifs is 3. The second-order valence-corrected chi connectivity index (χ2v) is 11.8. The van der Waals surface area contributed by atoms with Crippen molar-refractivity contribution in [1.29, 1.82) is 0 Å². The Hall–Kier alpha value is -3.54. The first-order valence-electron chi connectivity index (χ1n) is 12.3. The van der Waals surface area contributed by atoms with Gasteiger partial charge in [0.2, 0.25) is 21.9 Å². The van der Waals surface area contributed by atoms with Crippen LogP contribution in [0.25, 0.3) is 0 Å². The van der Waals surface area contributed by atoms with Crippen molar-refractivity contribution in [2.24, 2.45) is 0 Å². The average Bonchev–Trinajstić information content (AvgIpc) is 3.69. The van der Waals surface area contributed by atoms with Gasteiger partial charge in [0.25, 0.3) is 0 Å². The number of hydrogen-bond acceptors (Lipinski definition) is 8. The fourth-order valence-corrected chi connectivity index (χ4v) is 6.05. The zero-order chi connectivity index (χ0) is 25.6. The number of aromatic nitrogens is 2. The van der Waals surface area contributed by atoms with E-state index in [2.05, 4.69) is 30.6 Å². The number of carbonyl (C=O) groups excluding carboxylic acids is 1. The van der Waals surface area contributed by atoms with Crippen LogP contribution in [0.2, 0.25) is 0 Å². The first-order valence-corrected chi connectivity index (χ1v) is 13.9. The second kappa shape index (κ2) is 9.40. The summed E-state index contributed by atoms with van der Waals surface area (Å²) < 4.78 is 32.4. The summed E-state index contributed by atoms with van der Waals surface area (Å²) in [5.74, 6) is 1.00. The maximum atomic E-state index is 12.0. The van der Waals surface area contributed by atoms with E-state index in [0.717, 1.165) is 47.3 Å². The lowest BCUT2D eigenvalue weighted by Crippen LogP contribution is -2.43. The van der Waals surface area contributed by atoms with Crippen LogP contribution in [0.5, 0.6) is 0 Å². The highest BCUT2D eigenvalue weighted by Gasteiger charge is 2.38. The molecule has 1 amide bonds. The van der Waals surface area contributed by atoms with E-state index in [9.17, 15) is 13.2 Å². The predicted molar refractivity (Wildman–Crippen MR) is 139 cm³/mol. The van der Waals surface area contributed by atoms with Gasteiger partial charge in [-0.1, -0.05) is 18.2 Å². The summed E-state index contributed by atoms with van der Waals surface area (Å²) in [5.41, 5.74) is 5.64. The number of aryl methyl sites for hydroxylation is 1. The standard InChI is InChI=1S/C26H28N6O4S/c1-15-12-27-26(30-19-7-4-17-10-22-24(21(17)11-19)31-23(33)14-36-22)32-25(15)29-18-5-2-16(3-6-18)13-28-37(34,35)20-8-9-20/h2-7,11-12,20,22,24,28H,8-10,13-14H2,1H3,(H,31,33)(H2,27,29,30,32)/t22-,24+/m0/s1. The number of rotatable bonds is 8. The summed E-state index contributed by atoms with van der Waals surface area (Å²) >= 11 is 0. The zero-order valence-electron chi connectivity index (χ0n) is 20.3. The summed E-state index contributed by atoms with van der Waals surface area (Å²) in [6.07, 6.45) is 3.99. The number of carbonyl (C=O) groups is 1. The number of nitrogens with zero attached hydrogens (tertiary/aromatic N) is 2. The highest BCUT2D eigenvalue weighted by atomic mass is 32.2. The van der Waals surface area contributed by atoms with E-state index < -0.39 is 10.0 Å². The molecular formula is C26H28N6O4S. The van der Waals surface area contributed by atoms with Crippen molar-refractivity contribution in [3.63, 3.8) is 0 Å². The van der Waals surface area contributed by atoms with Crippen LogP contribution in [-0.2, 0) is 32.5 Å². The van der Waals surface area contributed by atoms with Crippen molar-refractivity contribution >= 4 is 39.1 Å². The third kappa shape index (κ3) is 5.15. The molecule has 0 radical (unpaired) electrons. The lowest BCUT2D eigenvalue weighted by atomic mass is 10.1. The third-order valence-electron chi connectivity index (χ3n) is 6.90. The predicted octanol–water partition coefficient (Wildman–Crippen LogP) is 2.97. The van der Waals surface area contributed by atoms with Gasteiger partial charge in [-0.25, -0.2) is 18.1 Å². The summed E-state index contributed by atoms with van der Waals surface area (Å²) in [6.45, 7) is 2.31. The average molecular weight is 521 g/mol. The number of amides is 1. The smallest absolute Gasteiger partial charge is 0.246 e. The van der Waals surface area contributed by atoms with Gasteiger partial charge in [0, 0.05) is 36.1 Å². The number of hydrogen-bond donors (Lipinski definition) is 4. The fraction of sp³-hybridized carbons (Fsp3) is 0.346. The van der Waals surface area contributed by atoms with Crippen molar-refractivity contribution in [3.8, 4) is 0 Å². The molecule has 2 aliphatic carbocycles. The number of nitrogens with one attached hydrogen (secondary N) is 4. The van der Waals surface area contributed by atoms with E-state index >= 15 is 0 Å². The topological polar surface area (TPSA) is 134 Å². The van der Waals surface area contributed by atoms with Gasteiger partial charge in [-0.15, -0.1) is 0 Å². The number of morpholine rings is 1. The zero-order valence-corrected chi connectivity index (χ0v) is 21.1. The number of benzene rings is 2. The fourth-order valence-electron chi connectivity index (χ4n) is 4.69. The molecule has 0 unspecified atom stereocenters. The lowest BCUT2D eigenvalue weighted by molar-refractivity contribution is -0.136. The van der Waals surface area contributed by atoms with Crippen molar-refractivity contribution in [3.05, 3.63) is 70.9 Å². The van der Waals surface area contributed by atoms with Gasteiger partial charge in [0.05, 0.1) is 17.4 Å². The van der Waals surface area contributed by atoms with Gasteiger partial charge in [0.15, 0.2) is 0 Å². The molecule has 3 aliphatic rings. The molecule has 2 aromatic carbocycles. The number of ether oxygens (including phenoxy) is 1. The molecule has 6 rings (SSSR count). The molecule has 0 spiro atoms. The summed E-state index contributed by atoms with van der Waals surface area (Å²) in [7, 11) is -3.21. The normalized spacial score (nSPS) is 20.6. The van der Waals surface area contributed by atoms with Crippen LogP contribution in [0.3, 0.4) is 0 Å². The van der Waals surface area contributed by atoms with Crippen LogP contribution in [0.15, 0.2) is 48.7 Å². The van der Waals surface area contributed by atoms with Crippen LogP contribution in [0, 0.1) is 6.92 Å². The second-order valence-electron chi connectivity index (χ2n) is 9.75. The Labute approximate surface area is 215 Å². The van der Waals surface area contributed by atoms with Gasteiger partial charge in [-0.05, 0) is 60.7 Å². The first-order chi connectivity index (χ1) is 17.8. The van der Waals surface area contributed by atoms with E-state index in [4.69, 9.17) is 4.74 Å². The van der Waals surface area contributed by atoms with Crippen LogP contribution < -0.4 is 20.7 Å². The Balaban J connectivity index is 1.13. The Kier molecular flexibility index (Phi) is 6.06. The Morgan fingerprint density at radius 3 is 2.65 bits per heavy atom. The van der Waals surface area contributed by atoms with Crippen LogP contribution >= 0.6 is 0 Å². The van der Waals surface area contributed by atoms with Gasteiger partial charge in [0.1, 0.15) is 12.4 Å². The molecule has 2 heterocycles. The number of sulfonamides is 1. The molecule has 2 atom stereocenters. The van der Waals surface area contributed by atoms with E-state index in [1.54, 1.807) is 6.20 Å².